The van der Waals surface area contributed by atoms with Crippen molar-refractivity contribution in [2.24, 2.45) is 0 Å². The monoisotopic (exact) mass is 504 g/mol. The molecule has 0 unspecified atom stereocenters. The number of carbonyl (C=O) groups is 6. The van der Waals surface area contributed by atoms with Crippen molar-refractivity contribution >= 4 is 46.7 Å². The van der Waals surface area contributed by atoms with Crippen LogP contribution in [0.25, 0.3) is 0 Å². The van der Waals surface area contributed by atoms with Gasteiger partial charge in [-0.05, 0) is 11.6 Å². The molecule has 0 aliphatic rings. The molecule has 0 aliphatic carbocycles. The van der Waals surface area contributed by atoms with Gasteiger partial charge in [0.05, 0.1) is 0 Å². The van der Waals surface area contributed by atoms with Gasteiger partial charge in [-0.3, -0.25) is 29.2 Å². The summed E-state index contributed by atoms with van der Waals surface area (Å²) in [5.41, 5.74) is 0. The zero-order chi connectivity index (χ0) is 25.6. The first-order valence-corrected chi connectivity index (χ1v) is 9.07. The predicted octanol–water partition coefficient (Wildman–Crippen LogP) is -0.300. The maximum absolute atomic E-state index is 11.9. The quantitative estimate of drug-likeness (QED) is 0.160. The molecule has 0 aromatic carbocycles. The molecule has 0 saturated heterocycles. The predicted molar refractivity (Wildman–Crippen MR) is 95.1 cm³/mol. The zero-order valence-corrected chi connectivity index (χ0v) is 18.7. The minimum Gasteiger partial charge on any atom is -0.299 e. The van der Waals surface area contributed by atoms with Crippen molar-refractivity contribution in [1.82, 2.24) is 0 Å². The highest BCUT2D eigenvalue weighted by Crippen LogP contribution is 2.22. The van der Waals surface area contributed by atoms with E-state index < -0.39 is 66.1 Å². The normalized spacial score (nSPS) is 14.1. The molecule has 0 N–H and O–H groups in total. The van der Waals surface area contributed by atoms with Crippen LogP contribution in [0.4, 0.5) is 0 Å². The Morgan fingerprint density at radius 2 is 0.970 bits per heavy atom. The molecule has 0 rings (SSSR count). The van der Waals surface area contributed by atoms with Crippen molar-refractivity contribution in [3.05, 3.63) is 0 Å². The van der Waals surface area contributed by atoms with E-state index in [1.54, 1.807) is 0 Å². The molecular weight excluding hydrogens is 484 g/mol. The summed E-state index contributed by atoms with van der Waals surface area (Å²) in [6.07, 6.45) is -7.87. The van der Waals surface area contributed by atoms with E-state index in [4.69, 9.17) is 26.3 Å². The molecule has 0 aliphatic heterocycles. The third kappa shape index (κ3) is 14.0. The molecule has 17 heteroatoms. The second kappa shape index (κ2) is 15.8. The first-order chi connectivity index (χ1) is 15.3. The van der Waals surface area contributed by atoms with E-state index in [-0.39, 0.29) is 0 Å². The van der Waals surface area contributed by atoms with E-state index >= 15 is 0 Å². The van der Waals surface area contributed by atoms with Crippen LogP contribution in [0.5, 0.6) is 0 Å². The third-order valence-corrected chi connectivity index (χ3v) is 2.95. The molecule has 0 saturated carbocycles. The Morgan fingerprint density at radius 1 is 0.576 bits per heavy atom. The summed E-state index contributed by atoms with van der Waals surface area (Å²) in [5, 5.41) is -1.39. The molecule has 0 bridgehead atoms. The second-order valence-corrected chi connectivity index (χ2v) is 6.11. The molecule has 0 spiro atoms. The van der Waals surface area contributed by atoms with Crippen LogP contribution in [0, 0.1) is 0 Å². The summed E-state index contributed by atoms with van der Waals surface area (Å²) in [6.45, 7) is 3.82. The lowest BCUT2D eigenvalue weighted by Gasteiger charge is -2.30. The summed E-state index contributed by atoms with van der Waals surface area (Å²) in [5.74, 6) is -5.01. The van der Waals surface area contributed by atoms with Gasteiger partial charge in [0.25, 0.3) is 5.24 Å². The Bertz CT molecular complexity index is 709. The molecular formula is C16H21ClO16. The van der Waals surface area contributed by atoms with Gasteiger partial charge < -0.3 is 0 Å². The largest absolute Gasteiger partial charge is 0.339 e. The second-order valence-electron chi connectivity index (χ2n) is 5.74. The highest BCUT2D eigenvalue weighted by molar-refractivity contribution is 6.64. The molecule has 16 nitrogen and oxygen atoms in total. The van der Waals surface area contributed by atoms with Crippen molar-refractivity contribution in [3.63, 3.8) is 0 Å². The van der Waals surface area contributed by atoms with Crippen molar-refractivity contribution < 1.29 is 77.6 Å². The average molecular weight is 505 g/mol. The van der Waals surface area contributed by atoms with Gasteiger partial charge >= 0.3 is 29.8 Å². The molecule has 0 fully saturated rings. The standard InChI is InChI=1S/C16H21ClO16/c1-7(18)25-24-6-12(30-26-8(2)19)13(31-27-9(3)20)14(32-28-10(4)21)15(16(17)23)33-29-11(5)22/h12-15H,6H2,1-5H3/t12-,13-,14+,15-/m1/s1. The van der Waals surface area contributed by atoms with Gasteiger partial charge in [0.15, 0.2) is 18.3 Å². The molecule has 0 heterocycles. The van der Waals surface area contributed by atoms with E-state index in [0.717, 1.165) is 34.6 Å². The van der Waals surface area contributed by atoms with E-state index in [9.17, 15) is 28.8 Å². The van der Waals surface area contributed by atoms with Crippen LogP contribution in [0.15, 0.2) is 0 Å². The van der Waals surface area contributed by atoms with Crippen LogP contribution >= 0.6 is 11.6 Å². The first kappa shape index (κ1) is 30.1. The fourth-order valence-electron chi connectivity index (χ4n) is 1.68. The number of rotatable bonds is 15. The summed E-state index contributed by atoms with van der Waals surface area (Å²) >= 11 is 5.46. The number of carbonyl (C=O) groups excluding carboxylic acids is 6. The van der Waals surface area contributed by atoms with Gasteiger partial charge in [-0.1, -0.05) is 0 Å². The Balaban J connectivity index is 6.19. The van der Waals surface area contributed by atoms with Crippen LogP contribution in [-0.2, 0) is 77.6 Å². The van der Waals surface area contributed by atoms with Crippen LogP contribution in [0.1, 0.15) is 34.6 Å². The maximum atomic E-state index is 11.9. The van der Waals surface area contributed by atoms with Crippen LogP contribution in [-0.4, -0.2) is 66.1 Å². The van der Waals surface area contributed by atoms with Gasteiger partial charge in [0.2, 0.25) is 6.10 Å². The molecule has 188 valence electrons. The smallest absolute Gasteiger partial charge is 0.299 e. The van der Waals surface area contributed by atoms with Gasteiger partial charge in [0.1, 0.15) is 6.61 Å². The third-order valence-electron chi connectivity index (χ3n) is 2.73. The van der Waals surface area contributed by atoms with Gasteiger partial charge in [-0.15, -0.1) is 0 Å². The summed E-state index contributed by atoms with van der Waals surface area (Å²) in [4.78, 5) is 113. The fourth-order valence-corrected chi connectivity index (χ4v) is 1.85. The molecule has 0 amide bonds. The molecule has 0 radical (unpaired) electrons. The lowest BCUT2D eigenvalue weighted by atomic mass is 10.0. The van der Waals surface area contributed by atoms with E-state index in [0.29, 0.717) is 0 Å². The SMILES string of the molecule is CC(=O)OOC[C@@H](OOC(C)=O)[C@@H](OOC(C)=O)[C@H](OOC(C)=O)[C@@H](OOC(C)=O)C(=O)Cl. The van der Waals surface area contributed by atoms with Crippen molar-refractivity contribution in [2.75, 3.05) is 6.61 Å². The number of hydrogen-bond donors (Lipinski definition) is 0. The average Bonchev–Trinajstić information content (AvgIpc) is 2.67. The molecule has 33 heavy (non-hydrogen) atoms. The Kier molecular flexibility index (Phi) is 14.5. The summed E-state index contributed by atoms with van der Waals surface area (Å²) in [7, 11) is 0. The van der Waals surface area contributed by atoms with Crippen LogP contribution < -0.4 is 0 Å². The number of halogens is 1. The molecule has 0 aromatic heterocycles. The van der Waals surface area contributed by atoms with Crippen molar-refractivity contribution in [1.29, 1.82) is 0 Å². The molecule has 0 aromatic rings. The van der Waals surface area contributed by atoms with Gasteiger partial charge in [-0.25, -0.2) is 24.0 Å². The minimum atomic E-state index is -2.12. The van der Waals surface area contributed by atoms with Crippen molar-refractivity contribution in [3.8, 4) is 0 Å². The minimum absolute atomic E-state index is 0.824. The highest BCUT2D eigenvalue weighted by atomic mass is 35.5. The lowest BCUT2D eigenvalue weighted by molar-refractivity contribution is -0.424. The Morgan fingerprint density at radius 3 is 1.39 bits per heavy atom. The van der Waals surface area contributed by atoms with Gasteiger partial charge in [0, 0.05) is 34.6 Å². The Labute approximate surface area is 190 Å². The maximum Gasteiger partial charge on any atom is 0.339 e. The fraction of sp³-hybridized carbons (Fsp3) is 0.625. The molecule has 4 atom stereocenters. The zero-order valence-electron chi connectivity index (χ0n) is 17.9. The van der Waals surface area contributed by atoms with Crippen LogP contribution in [0.2, 0.25) is 0 Å². The van der Waals surface area contributed by atoms with Crippen molar-refractivity contribution in [2.45, 2.75) is 59.0 Å². The van der Waals surface area contributed by atoms with Gasteiger partial charge in [-0.2, -0.15) is 24.4 Å². The van der Waals surface area contributed by atoms with E-state index in [1.807, 2.05) is 0 Å². The lowest BCUT2D eigenvalue weighted by Crippen LogP contribution is -2.53. The first-order valence-electron chi connectivity index (χ1n) is 8.70. The van der Waals surface area contributed by atoms with E-state index in [1.165, 1.54) is 0 Å². The summed E-state index contributed by atoms with van der Waals surface area (Å²) < 4.78 is 0. The van der Waals surface area contributed by atoms with E-state index in [2.05, 4.69) is 34.2 Å². The van der Waals surface area contributed by atoms with Crippen LogP contribution in [0.3, 0.4) is 0 Å². The topological polar surface area (TPSA) is 195 Å². The number of hydrogen-bond acceptors (Lipinski definition) is 16. The highest BCUT2D eigenvalue weighted by Gasteiger charge is 2.47. The summed E-state index contributed by atoms with van der Waals surface area (Å²) in [6, 6.07) is 0. The Hall–Kier alpha value is -2.89.